The fraction of sp³-hybridized carbons (Fsp3) is 0.182. The number of rotatable bonds is 7. The smallest absolute Gasteiger partial charge is 0.162 e. The molecule has 1 aromatic heterocycles. The molecule has 0 aliphatic rings. The van der Waals surface area contributed by atoms with Crippen LogP contribution in [0.25, 0.3) is 0 Å². The van der Waals surface area contributed by atoms with E-state index >= 15 is 0 Å². The first kappa shape index (κ1) is 17.7. The number of carbonyl (C=O) groups excluding carboxylic acids is 1. The van der Waals surface area contributed by atoms with Gasteiger partial charge >= 0.3 is 0 Å². The van der Waals surface area contributed by atoms with E-state index in [1.807, 2.05) is 54.6 Å². The Morgan fingerprint density at radius 3 is 2.23 bits per heavy atom. The van der Waals surface area contributed by atoms with Crippen molar-refractivity contribution in [3.63, 3.8) is 0 Å². The van der Waals surface area contributed by atoms with Crippen LogP contribution in [-0.2, 0) is 12.8 Å². The molecule has 0 saturated heterocycles. The van der Waals surface area contributed by atoms with Crippen molar-refractivity contribution in [2.75, 3.05) is 11.5 Å². The summed E-state index contributed by atoms with van der Waals surface area (Å²) in [6.07, 6.45) is 2.99. The van der Waals surface area contributed by atoms with Gasteiger partial charge in [-0.1, -0.05) is 48.5 Å². The highest BCUT2D eigenvalue weighted by Crippen LogP contribution is 2.17. The van der Waals surface area contributed by atoms with E-state index in [2.05, 4.69) is 17.1 Å². The fourth-order valence-corrected chi connectivity index (χ4v) is 3.07. The maximum absolute atomic E-state index is 12.5. The van der Waals surface area contributed by atoms with Crippen LogP contribution in [-0.4, -0.2) is 10.8 Å². The van der Waals surface area contributed by atoms with Crippen molar-refractivity contribution in [1.82, 2.24) is 4.98 Å². The van der Waals surface area contributed by atoms with Gasteiger partial charge in [0.15, 0.2) is 5.78 Å². The minimum absolute atomic E-state index is 0.177. The minimum atomic E-state index is 0.177. The van der Waals surface area contributed by atoms with Gasteiger partial charge in [-0.2, -0.15) is 0 Å². The van der Waals surface area contributed by atoms with Crippen LogP contribution in [0.4, 0.5) is 11.6 Å². The molecule has 132 valence electrons. The molecule has 0 fully saturated rings. The van der Waals surface area contributed by atoms with Crippen LogP contribution in [0.3, 0.4) is 0 Å². The summed E-state index contributed by atoms with van der Waals surface area (Å²) in [6.45, 7) is 0. The summed E-state index contributed by atoms with van der Waals surface area (Å²) in [6, 6.07) is 21.6. The summed E-state index contributed by atoms with van der Waals surface area (Å²) >= 11 is 0. The van der Waals surface area contributed by atoms with E-state index in [0.29, 0.717) is 24.5 Å². The highest BCUT2D eigenvalue weighted by Gasteiger charge is 2.08. The van der Waals surface area contributed by atoms with Crippen LogP contribution in [0.15, 0.2) is 66.7 Å². The molecule has 4 nitrogen and oxygen atoms in total. The Morgan fingerprint density at radius 2 is 1.50 bits per heavy atom. The lowest BCUT2D eigenvalue weighted by atomic mass is 9.98. The molecule has 0 spiro atoms. The Labute approximate surface area is 153 Å². The van der Waals surface area contributed by atoms with Crippen LogP contribution in [0.1, 0.15) is 39.9 Å². The van der Waals surface area contributed by atoms with Crippen molar-refractivity contribution in [2.45, 2.75) is 25.7 Å². The lowest BCUT2D eigenvalue weighted by molar-refractivity contribution is 0.0980. The van der Waals surface area contributed by atoms with Crippen molar-refractivity contribution in [3.8, 4) is 0 Å². The molecule has 3 rings (SSSR count). The van der Waals surface area contributed by atoms with Crippen LogP contribution < -0.4 is 11.5 Å². The molecular weight excluding hydrogens is 322 g/mol. The number of Topliss-reactive ketones (excluding diaryl/α,β-unsaturated/α-hetero) is 1. The van der Waals surface area contributed by atoms with Gasteiger partial charge in [0, 0.05) is 12.0 Å². The first-order valence-corrected chi connectivity index (χ1v) is 8.78. The molecule has 26 heavy (non-hydrogen) atoms. The van der Waals surface area contributed by atoms with Gasteiger partial charge in [0.1, 0.15) is 11.6 Å². The van der Waals surface area contributed by atoms with Gasteiger partial charge in [-0.25, -0.2) is 4.98 Å². The Balaban J connectivity index is 1.61. The van der Waals surface area contributed by atoms with Crippen molar-refractivity contribution in [3.05, 3.63) is 89.0 Å². The quantitative estimate of drug-likeness (QED) is 0.633. The van der Waals surface area contributed by atoms with Crippen LogP contribution in [0.5, 0.6) is 0 Å². The Morgan fingerprint density at radius 1 is 0.808 bits per heavy atom. The van der Waals surface area contributed by atoms with E-state index in [1.54, 1.807) is 0 Å². The number of ketones is 1. The van der Waals surface area contributed by atoms with Crippen molar-refractivity contribution < 1.29 is 4.79 Å². The third-order valence-corrected chi connectivity index (χ3v) is 4.29. The number of hydrogen-bond donors (Lipinski definition) is 2. The summed E-state index contributed by atoms with van der Waals surface area (Å²) in [7, 11) is 0. The monoisotopic (exact) mass is 345 g/mol. The molecule has 0 aliphatic carbocycles. The van der Waals surface area contributed by atoms with E-state index in [9.17, 15) is 4.79 Å². The number of nitrogens with two attached hydrogens (primary N) is 2. The summed E-state index contributed by atoms with van der Waals surface area (Å²) in [5.41, 5.74) is 15.6. The Kier molecular flexibility index (Phi) is 5.64. The molecule has 0 bridgehead atoms. The topological polar surface area (TPSA) is 82.0 Å². The van der Waals surface area contributed by atoms with Gasteiger partial charge in [0.05, 0.1) is 0 Å². The fourth-order valence-electron chi connectivity index (χ4n) is 3.07. The summed E-state index contributed by atoms with van der Waals surface area (Å²) in [5, 5.41) is 0. The van der Waals surface area contributed by atoms with Gasteiger partial charge in [-0.3, -0.25) is 4.79 Å². The average Bonchev–Trinajstić information content (AvgIpc) is 2.62. The Hall–Kier alpha value is -3.14. The third-order valence-electron chi connectivity index (χ3n) is 4.29. The lowest BCUT2D eigenvalue weighted by Gasteiger charge is -2.07. The van der Waals surface area contributed by atoms with Gasteiger partial charge < -0.3 is 11.5 Å². The molecule has 3 aromatic rings. The van der Waals surface area contributed by atoms with E-state index in [1.165, 1.54) is 5.56 Å². The van der Waals surface area contributed by atoms with Gasteiger partial charge in [0.25, 0.3) is 0 Å². The van der Waals surface area contributed by atoms with Crippen molar-refractivity contribution in [1.29, 1.82) is 0 Å². The zero-order valence-corrected chi connectivity index (χ0v) is 14.7. The van der Waals surface area contributed by atoms with Crippen LogP contribution in [0.2, 0.25) is 0 Å². The molecule has 4 heteroatoms. The number of hydrogen-bond acceptors (Lipinski definition) is 4. The second-order valence-electron chi connectivity index (χ2n) is 6.46. The predicted octanol–water partition coefficient (Wildman–Crippen LogP) is 4.04. The van der Waals surface area contributed by atoms with Crippen LogP contribution >= 0.6 is 0 Å². The number of anilines is 2. The molecule has 0 saturated carbocycles. The summed E-state index contributed by atoms with van der Waals surface area (Å²) < 4.78 is 0. The molecule has 0 atom stereocenters. The molecule has 1 heterocycles. The SMILES string of the molecule is Nc1cc(Cc2cccc(C(=O)CCCc3ccccc3)c2)cc(N)n1. The summed E-state index contributed by atoms with van der Waals surface area (Å²) in [5.74, 6) is 0.998. The van der Waals surface area contributed by atoms with Gasteiger partial charge in [0.2, 0.25) is 0 Å². The number of aryl methyl sites for hydroxylation is 1. The molecule has 4 N–H and O–H groups in total. The maximum atomic E-state index is 12.5. The van der Waals surface area contributed by atoms with E-state index in [0.717, 1.165) is 29.5 Å². The molecule has 0 unspecified atom stereocenters. The zero-order chi connectivity index (χ0) is 18.4. The maximum Gasteiger partial charge on any atom is 0.162 e. The second-order valence-corrected chi connectivity index (χ2v) is 6.46. The molecule has 0 radical (unpaired) electrons. The predicted molar refractivity (Wildman–Crippen MR) is 106 cm³/mol. The second kappa shape index (κ2) is 8.30. The van der Waals surface area contributed by atoms with Crippen LogP contribution in [0, 0.1) is 0 Å². The average molecular weight is 345 g/mol. The van der Waals surface area contributed by atoms with E-state index < -0.39 is 0 Å². The van der Waals surface area contributed by atoms with Gasteiger partial charge in [-0.05, 0) is 54.2 Å². The van der Waals surface area contributed by atoms with E-state index in [-0.39, 0.29) is 5.78 Å². The first-order valence-electron chi connectivity index (χ1n) is 8.78. The lowest BCUT2D eigenvalue weighted by Crippen LogP contribution is -2.02. The number of pyridine rings is 1. The van der Waals surface area contributed by atoms with Gasteiger partial charge in [-0.15, -0.1) is 0 Å². The standard InChI is InChI=1S/C22H23N3O/c23-21-14-18(15-22(24)25-21)12-17-9-4-10-19(13-17)20(26)11-5-8-16-6-2-1-3-7-16/h1-4,6-7,9-10,13-15H,5,8,11-12H2,(H4,23,24,25). The third kappa shape index (κ3) is 4.93. The number of aromatic nitrogens is 1. The first-order chi connectivity index (χ1) is 12.6. The number of carbonyl (C=O) groups is 1. The van der Waals surface area contributed by atoms with E-state index in [4.69, 9.17) is 11.5 Å². The molecular formula is C22H23N3O. The zero-order valence-electron chi connectivity index (χ0n) is 14.7. The highest BCUT2D eigenvalue weighted by molar-refractivity contribution is 5.96. The Bertz CT molecular complexity index is 871. The van der Waals surface area contributed by atoms with Crippen molar-refractivity contribution in [2.24, 2.45) is 0 Å². The summed E-state index contributed by atoms with van der Waals surface area (Å²) in [4.78, 5) is 16.5. The normalized spacial score (nSPS) is 10.6. The molecule has 0 amide bonds. The number of benzene rings is 2. The highest BCUT2D eigenvalue weighted by atomic mass is 16.1. The number of nitrogen functional groups attached to an aromatic ring is 2. The largest absolute Gasteiger partial charge is 0.384 e. The van der Waals surface area contributed by atoms with Crippen molar-refractivity contribution >= 4 is 17.4 Å². The number of nitrogens with zero attached hydrogens (tertiary/aromatic N) is 1. The minimum Gasteiger partial charge on any atom is -0.384 e. The molecule has 2 aromatic carbocycles. The molecule has 0 aliphatic heterocycles.